The van der Waals surface area contributed by atoms with E-state index in [1.165, 1.54) is 19.3 Å². The molecule has 2 fully saturated rings. The largest absolute Gasteiger partial charge is 0.297 e. The van der Waals surface area contributed by atoms with Crippen LogP contribution in [0.2, 0.25) is 0 Å². The summed E-state index contributed by atoms with van der Waals surface area (Å²) in [6.07, 6.45) is 6.87. The van der Waals surface area contributed by atoms with Gasteiger partial charge in [0.1, 0.15) is 0 Å². The fourth-order valence-electron chi connectivity index (χ4n) is 3.31. The standard InChI is InChI=1S/C14H29N3O2S/c1-13-8-4-7-11-17(13)14(2)12-15-20(18,19)16-9-5-3-6-10-16/h13-15H,3-12H2,1-2H3. The highest BCUT2D eigenvalue weighted by Gasteiger charge is 2.27. The lowest BCUT2D eigenvalue weighted by atomic mass is 10.0. The summed E-state index contributed by atoms with van der Waals surface area (Å²) in [7, 11) is -3.28. The third-order valence-corrected chi connectivity index (χ3v) is 6.21. The molecule has 0 spiro atoms. The van der Waals surface area contributed by atoms with Crippen molar-refractivity contribution in [2.45, 2.75) is 64.5 Å². The van der Waals surface area contributed by atoms with Crippen molar-refractivity contribution in [2.24, 2.45) is 0 Å². The summed E-state index contributed by atoms with van der Waals surface area (Å²) in [5.41, 5.74) is 0. The summed E-state index contributed by atoms with van der Waals surface area (Å²) in [6, 6.07) is 0.836. The van der Waals surface area contributed by atoms with Gasteiger partial charge < -0.3 is 0 Å². The van der Waals surface area contributed by atoms with E-state index in [4.69, 9.17) is 0 Å². The van der Waals surface area contributed by atoms with Crippen molar-refractivity contribution in [1.82, 2.24) is 13.9 Å². The van der Waals surface area contributed by atoms with Crippen LogP contribution < -0.4 is 4.72 Å². The molecule has 118 valence electrons. The average Bonchev–Trinajstić information content (AvgIpc) is 2.46. The van der Waals surface area contributed by atoms with Crippen molar-refractivity contribution in [3.8, 4) is 0 Å². The molecule has 2 atom stereocenters. The molecule has 5 nitrogen and oxygen atoms in total. The van der Waals surface area contributed by atoms with Crippen molar-refractivity contribution in [2.75, 3.05) is 26.2 Å². The van der Waals surface area contributed by atoms with Crippen LogP contribution in [0, 0.1) is 0 Å². The third-order valence-electron chi connectivity index (χ3n) is 4.64. The van der Waals surface area contributed by atoms with Crippen LogP contribution in [0.1, 0.15) is 52.4 Å². The van der Waals surface area contributed by atoms with Crippen molar-refractivity contribution in [3.05, 3.63) is 0 Å². The van der Waals surface area contributed by atoms with Crippen LogP contribution in [0.3, 0.4) is 0 Å². The number of rotatable bonds is 5. The fourth-order valence-corrected chi connectivity index (χ4v) is 4.69. The van der Waals surface area contributed by atoms with Crippen molar-refractivity contribution in [1.29, 1.82) is 0 Å². The molecule has 20 heavy (non-hydrogen) atoms. The molecule has 0 radical (unpaired) electrons. The summed E-state index contributed by atoms with van der Waals surface area (Å²) in [5, 5.41) is 0. The van der Waals surface area contributed by atoms with E-state index < -0.39 is 10.2 Å². The smallest absolute Gasteiger partial charge is 0.279 e. The molecule has 0 aromatic rings. The van der Waals surface area contributed by atoms with Gasteiger partial charge in [-0.2, -0.15) is 12.7 Å². The Morgan fingerprint density at radius 1 is 1.10 bits per heavy atom. The molecule has 2 aliphatic heterocycles. The number of nitrogens with zero attached hydrogens (tertiary/aromatic N) is 2. The van der Waals surface area contributed by atoms with Gasteiger partial charge in [-0.15, -0.1) is 0 Å². The van der Waals surface area contributed by atoms with E-state index in [0.717, 1.165) is 25.8 Å². The lowest BCUT2D eigenvalue weighted by Gasteiger charge is -2.38. The first-order chi connectivity index (χ1) is 9.50. The van der Waals surface area contributed by atoms with E-state index in [1.54, 1.807) is 4.31 Å². The van der Waals surface area contributed by atoms with E-state index in [-0.39, 0.29) is 6.04 Å². The molecule has 2 unspecified atom stereocenters. The molecule has 2 heterocycles. The van der Waals surface area contributed by atoms with Crippen LogP contribution in [-0.4, -0.2) is 55.9 Å². The number of hydrogen-bond donors (Lipinski definition) is 1. The van der Waals surface area contributed by atoms with Gasteiger partial charge in [0, 0.05) is 31.7 Å². The maximum Gasteiger partial charge on any atom is 0.279 e. The monoisotopic (exact) mass is 303 g/mol. The minimum Gasteiger partial charge on any atom is -0.297 e. The Morgan fingerprint density at radius 3 is 2.40 bits per heavy atom. The summed E-state index contributed by atoms with van der Waals surface area (Å²) in [6.45, 7) is 7.32. The Labute approximate surface area is 123 Å². The first-order valence-corrected chi connectivity index (χ1v) is 9.45. The molecule has 0 bridgehead atoms. The Morgan fingerprint density at radius 2 is 1.75 bits per heavy atom. The normalized spacial score (nSPS) is 28.4. The first-order valence-electron chi connectivity index (χ1n) is 8.01. The summed E-state index contributed by atoms with van der Waals surface area (Å²) in [4.78, 5) is 2.43. The molecule has 2 rings (SSSR count). The Hall–Kier alpha value is -0.170. The van der Waals surface area contributed by atoms with Gasteiger partial charge in [0.25, 0.3) is 10.2 Å². The second kappa shape index (κ2) is 7.20. The van der Waals surface area contributed by atoms with E-state index >= 15 is 0 Å². The maximum absolute atomic E-state index is 12.3. The van der Waals surface area contributed by atoms with E-state index in [2.05, 4.69) is 23.5 Å². The van der Waals surface area contributed by atoms with E-state index in [0.29, 0.717) is 25.7 Å². The zero-order valence-corrected chi connectivity index (χ0v) is 13.7. The minimum absolute atomic E-state index is 0.268. The van der Waals surface area contributed by atoms with Crippen molar-refractivity contribution >= 4 is 10.2 Å². The molecule has 2 saturated heterocycles. The summed E-state index contributed by atoms with van der Waals surface area (Å²) >= 11 is 0. The Balaban J connectivity index is 1.83. The molecule has 1 N–H and O–H groups in total. The van der Waals surface area contributed by atoms with Crippen LogP contribution in [0.15, 0.2) is 0 Å². The van der Waals surface area contributed by atoms with Gasteiger partial charge in [0.05, 0.1) is 0 Å². The second-order valence-corrected chi connectivity index (χ2v) is 8.00. The van der Waals surface area contributed by atoms with Gasteiger partial charge in [-0.3, -0.25) is 4.90 Å². The summed E-state index contributed by atoms with van der Waals surface area (Å²) in [5.74, 6) is 0. The van der Waals surface area contributed by atoms with Gasteiger partial charge in [-0.05, 0) is 46.1 Å². The van der Waals surface area contributed by atoms with Gasteiger partial charge >= 0.3 is 0 Å². The lowest BCUT2D eigenvalue weighted by Crippen LogP contribution is -2.51. The van der Waals surface area contributed by atoms with Gasteiger partial charge in [-0.25, -0.2) is 4.72 Å². The number of hydrogen-bond acceptors (Lipinski definition) is 3. The van der Waals surface area contributed by atoms with Gasteiger partial charge in [0.2, 0.25) is 0 Å². The molecule has 0 aliphatic carbocycles. The summed E-state index contributed by atoms with van der Waals surface area (Å²) < 4.78 is 28.9. The third kappa shape index (κ3) is 4.16. The van der Waals surface area contributed by atoms with Crippen molar-refractivity contribution < 1.29 is 8.42 Å². The van der Waals surface area contributed by atoms with E-state index in [9.17, 15) is 8.42 Å². The molecule has 0 saturated carbocycles. The molecule has 0 amide bonds. The van der Waals surface area contributed by atoms with Gasteiger partial charge in [0.15, 0.2) is 0 Å². The number of nitrogens with one attached hydrogen (secondary N) is 1. The highest BCUT2D eigenvalue weighted by molar-refractivity contribution is 7.87. The molecule has 0 aromatic carbocycles. The Bertz CT molecular complexity index is 393. The SMILES string of the molecule is CC1CCCCN1C(C)CNS(=O)(=O)N1CCCCC1. The van der Waals surface area contributed by atoms with Crippen LogP contribution in [0.5, 0.6) is 0 Å². The average molecular weight is 303 g/mol. The molecular formula is C14H29N3O2S. The zero-order valence-electron chi connectivity index (χ0n) is 12.8. The fraction of sp³-hybridized carbons (Fsp3) is 1.00. The topological polar surface area (TPSA) is 52.7 Å². The van der Waals surface area contributed by atoms with Gasteiger partial charge in [-0.1, -0.05) is 12.8 Å². The molecule has 6 heteroatoms. The first kappa shape index (κ1) is 16.2. The second-order valence-electron chi connectivity index (χ2n) is 6.24. The number of likely N-dealkylation sites (tertiary alicyclic amines) is 1. The zero-order chi connectivity index (χ0) is 14.6. The lowest BCUT2D eigenvalue weighted by molar-refractivity contribution is 0.116. The molecule has 0 aromatic heterocycles. The number of piperidine rings is 2. The van der Waals surface area contributed by atoms with Crippen LogP contribution >= 0.6 is 0 Å². The quantitative estimate of drug-likeness (QED) is 0.839. The highest BCUT2D eigenvalue weighted by Crippen LogP contribution is 2.19. The molecular weight excluding hydrogens is 274 g/mol. The highest BCUT2D eigenvalue weighted by atomic mass is 32.2. The maximum atomic E-state index is 12.3. The predicted octanol–water partition coefficient (Wildman–Crippen LogP) is 1.57. The Kier molecular flexibility index (Phi) is 5.84. The van der Waals surface area contributed by atoms with Crippen LogP contribution in [-0.2, 0) is 10.2 Å². The predicted molar refractivity (Wildman–Crippen MR) is 81.8 cm³/mol. The van der Waals surface area contributed by atoms with Crippen LogP contribution in [0.25, 0.3) is 0 Å². The molecule has 2 aliphatic rings. The van der Waals surface area contributed by atoms with E-state index in [1.807, 2.05) is 0 Å². The van der Waals surface area contributed by atoms with Crippen molar-refractivity contribution in [3.63, 3.8) is 0 Å². The van der Waals surface area contributed by atoms with Crippen LogP contribution in [0.4, 0.5) is 0 Å². The minimum atomic E-state index is -3.28.